The number of methoxy groups -OCH3 is 1. The highest BCUT2D eigenvalue weighted by molar-refractivity contribution is 9.10. The molecule has 0 aliphatic carbocycles. The van der Waals surface area contributed by atoms with Crippen LogP contribution in [0.5, 0.6) is 5.75 Å². The van der Waals surface area contributed by atoms with Gasteiger partial charge in [0.05, 0.1) is 18.2 Å². The van der Waals surface area contributed by atoms with E-state index in [1.165, 1.54) is 5.56 Å². The number of ether oxygens (including phenoxy) is 1. The van der Waals surface area contributed by atoms with Gasteiger partial charge in [0.15, 0.2) is 0 Å². The second kappa shape index (κ2) is 7.00. The molecule has 0 aliphatic heterocycles. The van der Waals surface area contributed by atoms with E-state index in [1.54, 1.807) is 7.11 Å². The summed E-state index contributed by atoms with van der Waals surface area (Å²) in [6.45, 7) is 2.16. The molecule has 0 fully saturated rings. The van der Waals surface area contributed by atoms with Crippen molar-refractivity contribution in [3.05, 3.63) is 57.5 Å². The zero-order chi connectivity index (χ0) is 14.5. The molecular formula is C16H17BrClNO. The van der Waals surface area contributed by atoms with E-state index < -0.39 is 0 Å². The van der Waals surface area contributed by atoms with Crippen molar-refractivity contribution in [2.45, 2.75) is 19.4 Å². The Morgan fingerprint density at radius 1 is 1.20 bits per heavy atom. The van der Waals surface area contributed by atoms with Crippen LogP contribution in [0, 0.1) is 0 Å². The van der Waals surface area contributed by atoms with Crippen molar-refractivity contribution in [2.24, 2.45) is 0 Å². The molecule has 106 valence electrons. The zero-order valence-electron chi connectivity index (χ0n) is 11.5. The van der Waals surface area contributed by atoms with Crippen molar-refractivity contribution in [3.63, 3.8) is 0 Å². The molecule has 1 N–H and O–H groups in total. The molecule has 1 atom stereocenters. The Balaban J connectivity index is 2.17. The lowest BCUT2D eigenvalue weighted by molar-refractivity contribution is 0.415. The Morgan fingerprint density at radius 3 is 2.45 bits per heavy atom. The van der Waals surface area contributed by atoms with E-state index in [9.17, 15) is 0 Å². The first-order valence-corrected chi connectivity index (χ1v) is 7.66. The van der Waals surface area contributed by atoms with Gasteiger partial charge in [0.2, 0.25) is 0 Å². The maximum atomic E-state index is 6.15. The number of hydrogen-bond donors (Lipinski definition) is 1. The molecule has 0 spiro atoms. The van der Waals surface area contributed by atoms with Gasteiger partial charge in [-0.05, 0) is 42.3 Å². The predicted octanol–water partition coefficient (Wildman–Crippen LogP) is 5.67. The highest BCUT2D eigenvalue weighted by Gasteiger charge is 2.10. The van der Waals surface area contributed by atoms with E-state index in [0.717, 1.165) is 16.6 Å². The number of rotatable bonds is 5. The van der Waals surface area contributed by atoms with E-state index in [0.29, 0.717) is 10.8 Å². The highest BCUT2D eigenvalue weighted by atomic mass is 79.9. The van der Waals surface area contributed by atoms with Crippen molar-refractivity contribution in [3.8, 4) is 5.75 Å². The van der Waals surface area contributed by atoms with Gasteiger partial charge in [-0.2, -0.15) is 0 Å². The second-order valence-electron chi connectivity index (χ2n) is 4.51. The van der Waals surface area contributed by atoms with E-state index in [2.05, 4.69) is 52.4 Å². The summed E-state index contributed by atoms with van der Waals surface area (Å²) in [6, 6.07) is 14.4. The Hall–Kier alpha value is -1.19. The fourth-order valence-corrected chi connectivity index (χ4v) is 2.60. The van der Waals surface area contributed by atoms with Crippen LogP contribution in [0.25, 0.3) is 0 Å². The first-order chi connectivity index (χ1) is 9.63. The molecule has 2 nitrogen and oxygen atoms in total. The van der Waals surface area contributed by atoms with E-state index in [-0.39, 0.29) is 6.04 Å². The summed E-state index contributed by atoms with van der Waals surface area (Å²) in [7, 11) is 1.62. The maximum absolute atomic E-state index is 6.15. The van der Waals surface area contributed by atoms with Crippen LogP contribution < -0.4 is 10.1 Å². The molecule has 0 bridgehead atoms. The van der Waals surface area contributed by atoms with Gasteiger partial charge in [-0.1, -0.05) is 46.6 Å². The number of benzene rings is 2. The van der Waals surface area contributed by atoms with E-state index in [1.807, 2.05) is 18.2 Å². The Bertz CT molecular complexity index is 571. The van der Waals surface area contributed by atoms with Gasteiger partial charge in [-0.3, -0.25) is 0 Å². The third-order valence-electron chi connectivity index (χ3n) is 3.17. The number of halogens is 2. The number of anilines is 1. The summed E-state index contributed by atoms with van der Waals surface area (Å²) in [5.41, 5.74) is 2.24. The minimum Gasteiger partial charge on any atom is -0.495 e. The van der Waals surface area contributed by atoms with Crippen molar-refractivity contribution >= 4 is 33.2 Å². The Kier molecular flexibility index (Phi) is 5.32. The van der Waals surface area contributed by atoms with Gasteiger partial charge < -0.3 is 10.1 Å². The molecule has 20 heavy (non-hydrogen) atoms. The summed E-state index contributed by atoms with van der Waals surface area (Å²) >= 11 is 9.61. The lowest BCUT2D eigenvalue weighted by Crippen LogP contribution is -2.09. The van der Waals surface area contributed by atoms with Gasteiger partial charge >= 0.3 is 0 Å². The third-order valence-corrected chi connectivity index (χ3v) is 4.00. The molecule has 0 amide bonds. The number of nitrogens with one attached hydrogen (secondary N) is 1. The summed E-state index contributed by atoms with van der Waals surface area (Å²) in [4.78, 5) is 0. The van der Waals surface area contributed by atoms with Crippen LogP contribution in [0.1, 0.15) is 24.9 Å². The maximum Gasteiger partial charge on any atom is 0.137 e. The lowest BCUT2D eigenvalue weighted by Gasteiger charge is -2.19. The summed E-state index contributed by atoms with van der Waals surface area (Å²) < 4.78 is 6.25. The van der Waals surface area contributed by atoms with Crippen LogP contribution in [0.3, 0.4) is 0 Å². The molecular weight excluding hydrogens is 338 g/mol. The quantitative estimate of drug-likeness (QED) is 0.746. The van der Waals surface area contributed by atoms with Crippen LogP contribution in [0.15, 0.2) is 46.9 Å². The summed E-state index contributed by atoms with van der Waals surface area (Å²) in [5, 5.41) is 4.12. The topological polar surface area (TPSA) is 21.3 Å². The lowest BCUT2D eigenvalue weighted by atomic mass is 10.0. The molecule has 0 aromatic heterocycles. The number of hydrogen-bond acceptors (Lipinski definition) is 2. The first-order valence-electron chi connectivity index (χ1n) is 6.49. The van der Waals surface area contributed by atoms with Crippen LogP contribution >= 0.6 is 27.5 Å². The van der Waals surface area contributed by atoms with Gasteiger partial charge in [0.25, 0.3) is 0 Å². The fraction of sp³-hybridized carbons (Fsp3) is 0.250. The molecule has 0 saturated heterocycles. The second-order valence-corrected chi connectivity index (χ2v) is 5.83. The highest BCUT2D eigenvalue weighted by Crippen LogP contribution is 2.30. The smallest absolute Gasteiger partial charge is 0.137 e. The van der Waals surface area contributed by atoms with Crippen LogP contribution in [-0.4, -0.2) is 7.11 Å². The molecule has 2 aromatic rings. The van der Waals surface area contributed by atoms with E-state index in [4.69, 9.17) is 16.3 Å². The summed E-state index contributed by atoms with van der Waals surface area (Å²) in [5.74, 6) is 0.689. The molecule has 0 radical (unpaired) electrons. The van der Waals surface area contributed by atoms with Gasteiger partial charge in [-0.15, -0.1) is 0 Å². The SMILES string of the molecule is CCC(Nc1ccc(OC)c(Cl)c1)c1ccc(Br)cc1. The molecule has 2 aromatic carbocycles. The minimum atomic E-state index is 0.257. The predicted molar refractivity (Wildman–Crippen MR) is 88.8 cm³/mol. The van der Waals surface area contributed by atoms with Crippen molar-refractivity contribution < 1.29 is 4.74 Å². The van der Waals surface area contributed by atoms with Gasteiger partial charge in [0.1, 0.15) is 5.75 Å². The molecule has 0 saturated carbocycles. The average molecular weight is 355 g/mol. The fourth-order valence-electron chi connectivity index (χ4n) is 2.07. The Morgan fingerprint density at radius 2 is 1.90 bits per heavy atom. The van der Waals surface area contributed by atoms with Crippen molar-refractivity contribution in [1.82, 2.24) is 0 Å². The molecule has 4 heteroatoms. The third kappa shape index (κ3) is 3.68. The van der Waals surface area contributed by atoms with Crippen molar-refractivity contribution in [1.29, 1.82) is 0 Å². The first kappa shape index (κ1) is 15.2. The van der Waals surface area contributed by atoms with Gasteiger partial charge in [-0.25, -0.2) is 0 Å². The van der Waals surface area contributed by atoms with E-state index >= 15 is 0 Å². The van der Waals surface area contributed by atoms with Crippen molar-refractivity contribution in [2.75, 3.05) is 12.4 Å². The van der Waals surface area contributed by atoms with Crippen LogP contribution in [0.4, 0.5) is 5.69 Å². The minimum absolute atomic E-state index is 0.257. The molecule has 0 heterocycles. The average Bonchev–Trinajstić information content (AvgIpc) is 2.46. The molecule has 1 unspecified atom stereocenters. The normalized spacial score (nSPS) is 12.0. The van der Waals surface area contributed by atoms with Gasteiger partial charge in [0, 0.05) is 10.2 Å². The van der Waals surface area contributed by atoms with Crippen LogP contribution in [0.2, 0.25) is 5.02 Å². The summed E-state index contributed by atoms with van der Waals surface area (Å²) in [6.07, 6.45) is 0.991. The standard InChI is InChI=1S/C16H17BrClNO/c1-3-15(11-4-6-12(17)7-5-11)19-13-8-9-16(20-2)14(18)10-13/h4-10,15,19H,3H2,1-2H3. The zero-order valence-corrected chi connectivity index (χ0v) is 13.8. The molecule has 0 aliphatic rings. The van der Waals surface area contributed by atoms with Crippen LogP contribution in [-0.2, 0) is 0 Å². The largest absolute Gasteiger partial charge is 0.495 e. The molecule has 2 rings (SSSR count). The Labute approximate surface area is 133 Å². The monoisotopic (exact) mass is 353 g/mol.